The second-order valence-corrected chi connectivity index (χ2v) is 7.45. The fraction of sp³-hybridized carbons (Fsp3) is 0.250. The Morgan fingerprint density at radius 1 is 1.19 bits per heavy atom. The molecule has 0 unspecified atom stereocenters. The lowest BCUT2D eigenvalue weighted by Crippen LogP contribution is -2.24. The number of aryl methyl sites for hydroxylation is 1. The van der Waals surface area contributed by atoms with Crippen molar-refractivity contribution in [2.75, 3.05) is 11.4 Å². The molecule has 0 spiro atoms. The van der Waals surface area contributed by atoms with Crippen molar-refractivity contribution in [3.05, 3.63) is 68.7 Å². The molecule has 0 radical (unpaired) electrons. The first-order valence-corrected chi connectivity index (χ1v) is 9.43. The standard InChI is InChI=1S/C20H18BrN3O2/c1-2-12-3-8-17-16(9-12)20(26)23-19(22-17)13-10-18(25)24(11-13)15-6-4-14(21)5-7-15/h3-9,13H,2,10-11H2,1H3,(H,22,23,26)/t13-/m1/s1. The molecule has 5 nitrogen and oxygen atoms in total. The molecule has 1 aliphatic heterocycles. The second kappa shape index (κ2) is 6.68. The third-order valence-corrected chi connectivity index (χ3v) is 5.38. The lowest BCUT2D eigenvalue weighted by molar-refractivity contribution is -0.117. The van der Waals surface area contributed by atoms with Gasteiger partial charge in [-0.3, -0.25) is 9.59 Å². The van der Waals surface area contributed by atoms with Crippen molar-refractivity contribution in [1.29, 1.82) is 0 Å². The normalized spacial score (nSPS) is 17.2. The van der Waals surface area contributed by atoms with Crippen LogP contribution in [0.3, 0.4) is 0 Å². The maximum Gasteiger partial charge on any atom is 0.258 e. The van der Waals surface area contributed by atoms with Crippen LogP contribution < -0.4 is 10.5 Å². The maximum atomic E-state index is 12.5. The van der Waals surface area contributed by atoms with Gasteiger partial charge in [-0.25, -0.2) is 4.98 Å². The maximum absolute atomic E-state index is 12.5. The molecular weight excluding hydrogens is 394 g/mol. The molecule has 6 heteroatoms. The molecule has 1 fully saturated rings. The van der Waals surface area contributed by atoms with Crippen LogP contribution in [0.25, 0.3) is 10.9 Å². The Kier molecular flexibility index (Phi) is 4.36. The van der Waals surface area contributed by atoms with E-state index in [0.717, 1.165) is 22.1 Å². The third-order valence-electron chi connectivity index (χ3n) is 4.85. The van der Waals surface area contributed by atoms with Crippen molar-refractivity contribution in [2.24, 2.45) is 0 Å². The average molecular weight is 412 g/mol. The summed E-state index contributed by atoms with van der Waals surface area (Å²) in [4.78, 5) is 34.2. The lowest BCUT2D eigenvalue weighted by Gasteiger charge is -2.16. The average Bonchev–Trinajstić information content (AvgIpc) is 3.04. The van der Waals surface area contributed by atoms with Gasteiger partial charge in [-0.2, -0.15) is 0 Å². The number of hydrogen-bond donors (Lipinski definition) is 1. The summed E-state index contributed by atoms with van der Waals surface area (Å²) in [5.74, 6) is 0.509. The molecule has 0 saturated carbocycles. The molecule has 2 heterocycles. The number of anilines is 1. The van der Waals surface area contributed by atoms with Crippen LogP contribution >= 0.6 is 15.9 Å². The van der Waals surface area contributed by atoms with Crippen LogP contribution in [0.4, 0.5) is 5.69 Å². The van der Waals surface area contributed by atoms with Crippen LogP contribution in [0, 0.1) is 0 Å². The Morgan fingerprint density at radius 3 is 2.69 bits per heavy atom. The Labute approximate surface area is 159 Å². The number of aromatic nitrogens is 2. The van der Waals surface area contributed by atoms with Crippen LogP contribution in [0.15, 0.2) is 51.7 Å². The van der Waals surface area contributed by atoms with Crippen molar-refractivity contribution in [3.63, 3.8) is 0 Å². The fourth-order valence-corrected chi connectivity index (χ4v) is 3.64. The number of hydrogen-bond acceptors (Lipinski definition) is 3. The van der Waals surface area contributed by atoms with Crippen molar-refractivity contribution in [1.82, 2.24) is 9.97 Å². The molecule has 0 bridgehead atoms. The van der Waals surface area contributed by atoms with Crippen LogP contribution in [-0.2, 0) is 11.2 Å². The first-order chi connectivity index (χ1) is 12.5. The van der Waals surface area contributed by atoms with Gasteiger partial charge in [0.05, 0.1) is 10.9 Å². The summed E-state index contributed by atoms with van der Waals surface area (Å²) in [6, 6.07) is 13.4. The zero-order valence-electron chi connectivity index (χ0n) is 14.3. The first-order valence-electron chi connectivity index (χ1n) is 8.64. The highest BCUT2D eigenvalue weighted by Crippen LogP contribution is 2.31. The molecule has 0 aliphatic carbocycles. The van der Waals surface area contributed by atoms with Crippen molar-refractivity contribution in [3.8, 4) is 0 Å². The number of halogens is 1. The summed E-state index contributed by atoms with van der Waals surface area (Å²) in [6.07, 6.45) is 1.22. The van der Waals surface area contributed by atoms with E-state index < -0.39 is 0 Å². The summed E-state index contributed by atoms with van der Waals surface area (Å²) in [5.41, 5.74) is 2.50. The smallest absolute Gasteiger partial charge is 0.258 e. The second-order valence-electron chi connectivity index (χ2n) is 6.54. The van der Waals surface area contributed by atoms with Gasteiger partial charge in [-0.15, -0.1) is 0 Å². The van der Waals surface area contributed by atoms with Crippen LogP contribution in [-0.4, -0.2) is 22.4 Å². The number of nitrogens with zero attached hydrogens (tertiary/aromatic N) is 2. The number of amides is 1. The number of carbonyl (C=O) groups is 1. The largest absolute Gasteiger partial charge is 0.312 e. The van der Waals surface area contributed by atoms with E-state index in [1.165, 1.54) is 0 Å². The highest BCUT2D eigenvalue weighted by molar-refractivity contribution is 9.10. The first kappa shape index (κ1) is 17.0. The molecule has 26 heavy (non-hydrogen) atoms. The molecule has 4 rings (SSSR count). The SMILES string of the molecule is CCc1ccc2nc([C@@H]3CC(=O)N(c4ccc(Br)cc4)C3)[nH]c(=O)c2c1. The number of fused-ring (bicyclic) bond motifs is 1. The van der Waals surface area contributed by atoms with E-state index in [1.807, 2.05) is 42.5 Å². The molecule has 1 saturated heterocycles. The summed E-state index contributed by atoms with van der Waals surface area (Å²) < 4.78 is 0.969. The number of nitrogens with one attached hydrogen (secondary N) is 1. The van der Waals surface area contributed by atoms with Gasteiger partial charge in [0.25, 0.3) is 5.56 Å². The number of H-pyrrole nitrogens is 1. The zero-order valence-corrected chi connectivity index (χ0v) is 15.9. The Morgan fingerprint density at radius 2 is 1.96 bits per heavy atom. The van der Waals surface area contributed by atoms with Gasteiger partial charge in [-0.1, -0.05) is 28.9 Å². The summed E-state index contributed by atoms with van der Waals surface area (Å²) in [7, 11) is 0. The minimum absolute atomic E-state index is 0.0430. The van der Waals surface area contributed by atoms with Gasteiger partial charge in [0, 0.05) is 29.0 Å². The number of aromatic amines is 1. The molecular formula is C20H18BrN3O2. The summed E-state index contributed by atoms with van der Waals surface area (Å²) in [6.45, 7) is 2.57. The van der Waals surface area contributed by atoms with Crippen molar-refractivity contribution in [2.45, 2.75) is 25.7 Å². The molecule has 1 aliphatic rings. The van der Waals surface area contributed by atoms with E-state index >= 15 is 0 Å². The Balaban J connectivity index is 1.67. The fourth-order valence-electron chi connectivity index (χ4n) is 3.38. The van der Waals surface area contributed by atoms with E-state index in [2.05, 4.69) is 32.8 Å². The molecule has 3 aromatic rings. The van der Waals surface area contributed by atoms with E-state index in [0.29, 0.717) is 29.7 Å². The van der Waals surface area contributed by atoms with Gasteiger partial charge < -0.3 is 9.88 Å². The lowest BCUT2D eigenvalue weighted by atomic mass is 10.1. The minimum atomic E-state index is -0.144. The van der Waals surface area contributed by atoms with Crippen molar-refractivity contribution < 1.29 is 4.79 Å². The van der Waals surface area contributed by atoms with E-state index in [-0.39, 0.29) is 17.4 Å². The van der Waals surface area contributed by atoms with Gasteiger partial charge in [0.1, 0.15) is 5.82 Å². The topological polar surface area (TPSA) is 66.1 Å². The van der Waals surface area contributed by atoms with Gasteiger partial charge in [-0.05, 0) is 48.4 Å². The Bertz CT molecular complexity index is 1040. The molecule has 1 N–H and O–H groups in total. The molecule has 132 valence electrons. The van der Waals surface area contributed by atoms with Gasteiger partial charge >= 0.3 is 0 Å². The van der Waals surface area contributed by atoms with E-state index in [1.54, 1.807) is 4.90 Å². The third kappa shape index (κ3) is 3.05. The molecule has 1 amide bonds. The highest BCUT2D eigenvalue weighted by atomic mass is 79.9. The van der Waals surface area contributed by atoms with Gasteiger partial charge in [0.15, 0.2) is 0 Å². The van der Waals surface area contributed by atoms with Crippen LogP contribution in [0.1, 0.15) is 30.7 Å². The van der Waals surface area contributed by atoms with Crippen LogP contribution in [0.2, 0.25) is 0 Å². The highest BCUT2D eigenvalue weighted by Gasteiger charge is 2.33. The predicted molar refractivity (Wildman–Crippen MR) is 106 cm³/mol. The number of carbonyl (C=O) groups excluding carboxylic acids is 1. The van der Waals surface area contributed by atoms with Crippen molar-refractivity contribution >= 4 is 38.4 Å². The number of rotatable bonds is 3. The molecule has 1 aromatic heterocycles. The van der Waals surface area contributed by atoms with E-state index in [9.17, 15) is 9.59 Å². The van der Waals surface area contributed by atoms with Crippen LogP contribution in [0.5, 0.6) is 0 Å². The quantitative estimate of drug-likeness (QED) is 0.713. The predicted octanol–water partition coefficient (Wildman–Crippen LogP) is 3.77. The summed E-state index contributed by atoms with van der Waals surface area (Å²) >= 11 is 3.41. The monoisotopic (exact) mass is 411 g/mol. The Hall–Kier alpha value is -2.47. The molecule has 2 aromatic carbocycles. The summed E-state index contributed by atoms with van der Waals surface area (Å²) in [5, 5.41) is 0.599. The zero-order chi connectivity index (χ0) is 18.3. The van der Waals surface area contributed by atoms with E-state index in [4.69, 9.17) is 0 Å². The minimum Gasteiger partial charge on any atom is -0.312 e. The van der Waals surface area contributed by atoms with Gasteiger partial charge in [0.2, 0.25) is 5.91 Å². The molecule has 1 atom stereocenters. The number of benzene rings is 2.